The first-order valence-corrected chi connectivity index (χ1v) is 8.51. The molecule has 0 aliphatic carbocycles. The molecule has 0 unspecified atom stereocenters. The van der Waals surface area contributed by atoms with Crippen LogP contribution in [0.3, 0.4) is 0 Å². The third-order valence-electron chi connectivity index (χ3n) is 4.34. The highest BCUT2D eigenvalue weighted by atomic mass is 19.1. The van der Waals surface area contributed by atoms with Gasteiger partial charge in [0.15, 0.2) is 0 Å². The monoisotopic (exact) mass is 346 g/mol. The lowest BCUT2D eigenvalue weighted by molar-refractivity contribution is 0.220. The third kappa shape index (κ3) is 4.29. The van der Waals surface area contributed by atoms with Gasteiger partial charge in [-0.1, -0.05) is 0 Å². The van der Waals surface area contributed by atoms with Crippen LogP contribution in [0, 0.1) is 11.7 Å². The number of carbonyl (C=O) groups excluding carboxylic acids is 1. The van der Waals surface area contributed by atoms with Crippen LogP contribution in [0.15, 0.2) is 30.6 Å². The van der Waals surface area contributed by atoms with Crippen LogP contribution in [0.1, 0.15) is 18.9 Å². The van der Waals surface area contributed by atoms with Gasteiger partial charge in [0.05, 0.1) is 18.5 Å². The fourth-order valence-corrected chi connectivity index (χ4v) is 3.16. The van der Waals surface area contributed by atoms with Crippen molar-refractivity contribution >= 4 is 11.7 Å². The van der Waals surface area contributed by atoms with Crippen molar-refractivity contribution in [2.45, 2.75) is 19.8 Å². The van der Waals surface area contributed by atoms with Crippen molar-refractivity contribution in [2.24, 2.45) is 13.0 Å². The smallest absolute Gasteiger partial charge is 0.321 e. The predicted octanol–water partition coefficient (Wildman–Crippen LogP) is 3.05. The normalized spacial score (nSPS) is 16.9. The Labute approximate surface area is 146 Å². The largest absolute Gasteiger partial charge is 0.492 e. The molecule has 1 aromatic carbocycles. The number of carbonyl (C=O) groups is 1. The summed E-state index contributed by atoms with van der Waals surface area (Å²) in [6.45, 7) is 3.64. The second-order valence-corrected chi connectivity index (χ2v) is 6.33. The van der Waals surface area contributed by atoms with E-state index in [0.29, 0.717) is 37.1 Å². The van der Waals surface area contributed by atoms with Gasteiger partial charge in [-0.3, -0.25) is 4.68 Å². The van der Waals surface area contributed by atoms with Crippen molar-refractivity contribution in [1.82, 2.24) is 14.7 Å². The minimum Gasteiger partial charge on any atom is -0.492 e. The first-order valence-electron chi connectivity index (χ1n) is 8.51. The molecule has 25 heavy (non-hydrogen) atoms. The van der Waals surface area contributed by atoms with Gasteiger partial charge in [-0.15, -0.1) is 0 Å². The van der Waals surface area contributed by atoms with E-state index in [1.54, 1.807) is 9.58 Å². The Bertz CT molecular complexity index is 746. The maximum absolute atomic E-state index is 13.4. The summed E-state index contributed by atoms with van der Waals surface area (Å²) >= 11 is 0. The number of anilines is 1. The molecule has 1 N–H and O–H groups in total. The number of halogens is 1. The van der Waals surface area contributed by atoms with Gasteiger partial charge in [-0.2, -0.15) is 5.10 Å². The van der Waals surface area contributed by atoms with Crippen LogP contribution in [-0.4, -0.2) is 40.4 Å². The minimum absolute atomic E-state index is 0.179. The van der Waals surface area contributed by atoms with Crippen molar-refractivity contribution in [3.8, 4) is 5.75 Å². The Balaban J connectivity index is 1.59. The number of likely N-dealkylation sites (tertiary alicyclic amines) is 1. The molecule has 0 saturated carbocycles. The van der Waals surface area contributed by atoms with Crippen LogP contribution >= 0.6 is 0 Å². The van der Waals surface area contributed by atoms with Crippen molar-refractivity contribution in [2.75, 3.05) is 25.0 Å². The fraction of sp³-hybridized carbons (Fsp3) is 0.444. The number of aromatic nitrogens is 2. The highest BCUT2D eigenvalue weighted by Crippen LogP contribution is 2.27. The molecule has 2 heterocycles. The van der Waals surface area contributed by atoms with Gasteiger partial charge in [-0.05, 0) is 43.4 Å². The summed E-state index contributed by atoms with van der Waals surface area (Å²) in [6.07, 6.45) is 5.76. The van der Waals surface area contributed by atoms with Gasteiger partial charge in [0, 0.05) is 32.4 Å². The maximum Gasteiger partial charge on any atom is 0.321 e. The van der Waals surface area contributed by atoms with Gasteiger partial charge in [0.25, 0.3) is 0 Å². The number of urea groups is 1. The third-order valence-corrected chi connectivity index (χ3v) is 4.34. The molecular weight excluding hydrogens is 323 g/mol. The molecule has 1 saturated heterocycles. The predicted molar refractivity (Wildman–Crippen MR) is 93.2 cm³/mol. The molecule has 2 amide bonds. The molecule has 0 spiro atoms. The Morgan fingerprint density at radius 2 is 2.32 bits per heavy atom. The molecule has 1 atom stereocenters. The first-order chi connectivity index (χ1) is 12.0. The molecule has 6 nitrogen and oxygen atoms in total. The number of amides is 2. The summed E-state index contributed by atoms with van der Waals surface area (Å²) in [5.74, 6) is 0.385. The average molecular weight is 346 g/mol. The summed E-state index contributed by atoms with van der Waals surface area (Å²) in [7, 11) is 1.90. The summed E-state index contributed by atoms with van der Waals surface area (Å²) < 4.78 is 20.6. The van der Waals surface area contributed by atoms with Crippen LogP contribution in [0.5, 0.6) is 5.75 Å². The zero-order chi connectivity index (χ0) is 17.8. The molecule has 0 bridgehead atoms. The molecule has 1 aromatic heterocycles. The Morgan fingerprint density at radius 3 is 3.04 bits per heavy atom. The zero-order valence-corrected chi connectivity index (χ0v) is 14.5. The number of hydrogen-bond donors (Lipinski definition) is 1. The lowest BCUT2D eigenvalue weighted by Gasteiger charge is -2.19. The van der Waals surface area contributed by atoms with Gasteiger partial charge in [0.1, 0.15) is 11.6 Å². The fourth-order valence-electron chi connectivity index (χ4n) is 3.16. The number of ether oxygens (including phenoxy) is 1. The van der Waals surface area contributed by atoms with Crippen LogP contribution < -0.4 is 10.1 Å². The summed E-state index contributed by atoms with van der Waals surface area (Å²) in [5.41, 5.74) is 1.68. The van der Waals surface area contributed by atoms with Gasteiger partial charge in [-0.25, -0.2) is 9.18 Å². The average Bonchev–Trinajstić information content (AvgIpc) is 3.20. The Morgan fingerprint density at radius 1 is 1.48 bits per heavy atom. The van der Waals surface area contributed by atoms with Crippen molar-refractivity contribution in [3.63, 3.8) is 0 Å². The quantitative estimate of drug-likeness (QED) is 0.905. The van der Waals surface area contributed by atoms with Gasteiger partial charge in [0.2, 0.25) is 0 Å². The van der Waals surface area contributed by atoms with Gasteiger partial charge < -0.3 is 15.0 Å². The van der Waals surface area contributed by atoms with E-state index >= 15 is 0 Å². The maximum atomic E-state index is 13.4. The Kier molecular flexibility index (Phi) is 5.21. The van der Waals surface area contributed by atoms with Crippen molar-refractivity contribution in [3.05, 3.63) is 42.0 Å². The molecule has 1 fully saturated rings. The summed E-state index contributed by atoms with van der Waals surface area (Å²) in [4.78, 5) is 14.3. The van der Waals surface area contributed by atoms with Gasteiger partial charge >= 0.3 is 6.03 Å². The van der Waals surface area contributed by atoms with Crippen LogP contribution in [0.2, 0.25) is 0 Å². The van der Waals surface area contributed by atoms with E-state index < -0.39 is 0 Å². The van der Waals surface area contributed by atoms with E-state index in [4.69, 9.17) is 4.74 Å². The second kappa shape index (κ2) is 7.55. The number of nitrogens with zero attached hydrogens (tertiary/aromatic N) is 3. The zero-order valence-electron chi connectivity index (χ0n) is 14.5. The van der Waals surface area contributed by atoms with E-state index in [1.807, 2.05) is 26.4 Å². The molecule has 2 aromatic rings. The van der Waals surface area contributed by atoms with Crippen LogP contribution in [0.4, 0.5) is 14.9 Å². The van der Waals surface area contributed by atoms with E-state index in [-0.39, 0.29) is 11.8 Å². The SMILES string of the molecule is CCOc1cc(F)ccc1NC(=O)N1CC[C@@H](Cc2cnn(C)c2)C1. The lowest BCUT2D eigenvalue weighted by Crippen LogP contribution is -2.33. The number of rotatable bonds is 5. The molecule has 7 heteroatoms. The molecule has 0 radical (unpaired) electrons. The first kappa shape index (κ1) is 17.3. The Hall–Kier alpha value is -2.57. The highest BCUT2D eigenvalue weighted by molar-refractivity contribution is 5.91. The van der Waals surface area contributed by atoms with Crippen molar-refractivity contribution < 1.29 is 13.9 Å². The van der Waals surface area contributed by atoms with Crippen LogP contribution in [-0.2, 0) is 13.5 Å². The van der Waals surface area contributed by atoms with Crippen molar-refractivity contribution in [1.29, 1.82) is 0 Å². The topological polar surface area (TPSA) is 59.4 Å². The van der Waals surface area contributed by atoms with E-state index in [1.165, 1.54) is 23.8 Å². The highest BCUT2D eigenvalue weighted by Gasteiger charge is 2.27. The molecule has 3 rings (SSSR count). The summed E-state index contributed by atoms with van der Waals surface area (Å²) in [6, 6.07) is 3.95. The number of hydrogen-bond acceptors (Lipinski definition) is 3. The van der Waals surface area contributed by atoms with Crippen LogP contribution in [0.25, 0.3) is 0 Å². The molecular formula is C18H23FN4O2. The van der Waals surface area contributed by atoms with E-state index in [0.717, 1.165) is 12.8 Å². The molecule has 1 aliphatic rings. The molecule has 1 aliphatic heterocycles. The number of benzene rings is 1. The van der Waals surface area contributed by atoms with E-state index in [9.17, 15) is 9.18 Å². The number of aryl methyl sites for hydroxylation is 1. The summed E-state index contributed by atoms with van der Waals surface area (Å²) in [5, 5.41) is 7.01. The lowest BCUT2D eigenvalue weighted by atomic mass is 10.0. The van der Waals surface area contributed by atoms with E-state index in [2.05, 4.69) is 10.4 Å². The molecule has 134 valence electrons. The number of nitrogens with one attached hydrogen (secondary N) is 1. The minimum atomic E-state index is -0.390. The second-order valence-electron chi connectivity index (χ2n) is 6.33. The standard InChI is InChI=1S/C18H23FN4O2/c1-3-25-17-9-15(19)4-5-16(17)21-18(24)23-7-6-13(12-23)8-14-10-20-22(2)11-14/h4-5,9-11,13H,3,6-8,12H2,1-2H3,(H,21,24)/t13-/m0/s1.